The van der Waals surface area contributed by atoms with E-state index in [1.54, 1.807) is 0 Å². The molecule has 8 heteroatoms. The van der Waals surface area contributed by atoms with Gasteiger partial charge < -0.3 is 0 Å². The van der Waals surface area contributed by atoms with Gasteiger partial charge in [-0.3, -0.25) is 28.8 Å². The van der Waals surface area contributed by atoms with Crippen LogP contribution in [0.5, 0.6) is 0 Å². The molecule has 0 fully saturated rings. The number of rotatable bonds is 3. The Kier molecular flexibility index (Phi) is 3.30. The molecule has 0 saturated heterocycles. The van der Waals surface area contributed by atoms with Gasteiger partial charge >= 0.3 is 11.8 Å². The zero-order valence-electron chi connectivity index (χ0n) is 13.1. The zero-order valence-corrected chi connectivity index (χ0v) is 13.1. The molecule has 0 unspecified atom stereocenters. The Morgan fingerprint density at radius 1 is 0.692 bits per heavy atom. The molecule has 2 heterocycles. The van der Waals surface area contributed by atoms with Crippen LogP contribution in [0.25, 0.3) is 0 Å². The van der Waals surface area contributed by atoms with Gasteiger partial charge in [0.1, 0.15) is 0 Å². The van der Waals surface area contributed by atoms with Crippen LogP contribution in [0.2, 0.25) is 0 Å². The molecule has 8 nitrogen and oxygen atoms in total. The van der Waals surface area contributed by atoms with E-state index in [-0.39, 0.29) is 46.6 Å². The van der Waals surface area contributed by atoms with Gasteiger partial charge in [-0.15, -0.1) is 0 Å². The van der Waals surface area contributed by atoms with Gasteiger partial charge in [0, 0.05) is 24.0 Å². The monoisotopic (exact) mass is 348 g/mol. The Bertz CT molecular complexity index is 989. The third-order valence-electron chi connectivity index (χ3n) is 4.32. The number of amides is 2. The van der Waals surface area contributed by atoms with E-state index in [9.17, 15) is 28.8 Å². The molecule has 4 aliphatic rings. The summed E-state index contributed by atoms with van der Waals surface area (Å²) in [6.45, 7) is 0. The minimum Gasteiger partial charge on any atom is -0.285 e. The van der Waals surface area contributed by atoms with Crippen molar-refractivity contribution in [3.63, 3.8) is 0 Å². The van der Waals surface area contributed by atoms with Crippen LogP contribution in [0, 0.1) is 0 Å². The molecule has 0 aromatic carbocycles. The number of carbonyl (C=O) groups excluding carboxylic acids is 6. The van der Waals surface area contributed by atoms with Gasteiger partial charge in [-0.05, 0) is 0 Å². The Morgan fingerprint density at radius 2 is 1.08 bits per heavy atom. The van der Waals surface area contributed by atoms with Crippen molar-refractivity contribution in [2.45, 2.75) is 12.8 Å². The predicted octanol–water partition coefficient (Wildman–Crippen LogP) is -0.262. The summed E-state index contributed by atoms with van der Waals surface area (Å²) >= 11 is 0. The maximum absolute atomic E-state index is 12.7. The van der Waals surface area contributed by atoms with Crippen molar-refractivity contribution < 1.29 is 28.8 Å². The fourth-order valence-corrected chi connectivity index (χ4v) is 3.15. The van der Waals surface area contributed by atoms with Crippen molar-refractivity contribution in [2.24, 2.45) is 9.98 Å². The highest BCUT2D eigenvalue weighted by Crippen LogP contribution is 2.28. The molecular formula is C18H8N2O6. The largest absolute Gasteiger partial charge is 0.318 e. The van der Waals surface area contributed by atoms with Crippen LogP contribution in [-0.2, 0) is 28.8 Å². The summed E-state index contributed by atoms with van der Waals surface area (Å²) in [5.74, 6) is -5.94. The molecule has 0 aromatic rings. The van der Waals surface area contributed by atoms with Crippen LogP contribution < -0.4 is 0 Å². The van der Waals surface area contributed by atoms with E-state index in [2.05, 4.69) is 9.98 Å². The Morgan fingerprint density at radius 3 is 1.46 bits per heavy atom. The number of nitrogens with zero attached hydrogens (tertiary/aromatic N) is 2. The number of carbonyl (C=O) groups is 6. The normalized spacial score (nSPS) is 21.2. The van der Waals surface area contributed by atoms with Crippen LogP contribution in [0.1, 0.15) is 12.8 Å². The third-order valence-corrected chi connectivity index (χ3v) is 4.32. The molecule has 0 aromatic heterocycles. The van der Waals surface area contributed by atoms with Crippen LogP contribution in [-0.4, -0.2) is 46.4 Å². The minimum atomic E-state index is -1.05. The molecule has 0 radical (unpaired) electrons. The van der Waals surface area contributed by atoms with E-state index in [0.29, 0.717) is 0 Å². The quantitative estimate of drug-likeness (QED) is 0.647. The first-order valence-corrected chi connectivity index (χ1v) is 7.64. The Labute approximate surface area is 145 Å². The number of hydrogen-bond acceptors (Lipinski definition) is 6. The minimum absolute atomic E-state index is 0.143. The SMILES string of the molecule is O=C1N=C2CC=CC(C(=O)C(=O)C3=C4C(=O)C(=O)N=C4CC=C3)=C2C1=O. The number of hydrogen-bond donors (Lipinski definition) is 0. The number of ketones is 4. The zero-order chi connectivity index (χ0) is 18.6. The second kappa shape index (κ2) is 5.41. The summed E-state index contributed by atoms with van der Waals surface area (Å²) in [5, 5.41) is 0. The first-order chi connectivity index (χ1) is 12.4. The number of aliphatic imine (C=N–C) groups is 2. The molecule has 0 bridgehead atoms. The first kappa shape index (κ1) is 15.8. The lowest BCUT2D eigenvalue weighted by molar-refractivity contribution is -0.133. The molecule has 2 aliphatic heterocycles. The van der Waals surface area contributed by atoms with Crippen LogP contribution in [0.4, 0.5) is 0 Å². The topological polar surface area (TPSA) is 127 Å². The van der Waals surface area contributed by atoms with Crippen molar-refractivity contribution in [3.05, 3.63) is 46.6 Å². The van der Waals surface area contributed by atoms with Gasteiger partial charge in [0.15, 0.2) is 0 Å². The molecule has 4 rings (SSSR count). The molecule has 26 heavy (non-hydrogen) atoms. The average Bonchev–Trinajstić information content (AvgIpc) is 3.09. The van der Waals surface area contributed by atoms with Gasteiger partial charge in [0.2, 0.25) is 11.6 Å². The number of fused-ring (bicyclic) bond motifs is 2. The highest BCUT2D eigenvalue weighted by molar-refractivity contribution is 6.63. The summed E-state index contributed by atoms with van der Waals surface area (Å²) < 4.78 is 0. The van der Waals surface area contributed by atoms with Gasteiger partial charge in [-0.25, -0.2) is 9.98 Å². The fourth-order valence-electron chi connectivity index (χ4n) is 3.15. The third kappa shape index (κ3) is 2.08. The predicted molar refractivity (Wildman–Crippen MR) is 86.5 cm³/mol. The second-order valence-corrected chi connectivity index (χ2v) is 5.83. The van der Waals surface area contributed by atoms with Crippen molar-refractivity contribution >= 4 is 46.4 Å². The fraction of sp³-hybridized carbons (Fsp3) is 0.111. The Hall–Kier alpha value is -3.68. The lowest BCUT2D eigenvalue weighted by atomic mass is 9.85. The van der Waals surface area contributed by atoms with Crippen LogP contribution in [0.15, 0.2) is 56.6 Å². The van der Waals surface area contributed by atoms with Gasteiger partial charge in [-0.1, -0.05) is 24.3 Å². The molecule has 126 valence electrons. The highest BCUT2D eigenvalue weighted by Gasteiger charge is 2.40. The van der Waals surface area contributed by atoms with Crippen molar-refractivity contribution in [3.8, 4) is 0 Å². The first-order valence-electron chi connectivity index (χ1n) is 7.64. The summed E-state index contributed by atoms with van der Waals surface area (Å²) in [6, 6.07) is 0. The molecule has 0 atom stereocenters. The van der Waals surface area contributed by atoms with E-state index >= 15 is 0 Å². The number of allylic oxidation sites excluding steroid dienone is 6. The molecule has 2 amide bonds. The maximum Gasteiger partial charge on any atom is 0.318 e. The Balaban J connectivity index is 1.80. The summed E-state index contributed by atoms with van der Waals surface area (Å²) in [5.41, 5.74) is -0.543. The maximum atomic E-state index is 12.7. The van der Waals surface area contributed by atoms with Gasteiger partial charge in [0.25, 0.3) is 11.6 Å². The lowest BCUT2D eigenvalue weighted by Gasteiger charge is -2.13. The standard InChI is InChI=1S/C18H8N2O6/c21-13(7-3-1-5-9-11(7)15(23)17(25)19-9)14(22)8-4-2-6-10-12(8)16(24)18(26)20-10/h1-4H,5-6H2. The molecule has 0 spiro atoms. The average molecular weight is 348 g/mol. The van der Waals surface area contributed by atoms with E-state index < -0.39 is 34.9 Å². The van der Waals surface area contributed by atoms with Crippen LogP contribution in [0.3, 0.4) is 0 Å². The summed E-state index contributed by atoms with van der Waals surface area (Å²) in [7, 11) is 0. The van der Waals surface area contributed by atoms with Crippen molar-refractivity contribution in [1.82, 2.24) is 0 Å². The summed E-state index contributed by atoms with van der Waals surface area (Å²) in [6.07, 6.45) is 6.02. The van der Waals surface area contributed by atoms with E-state index in [1.807, 2.05) is 0 Å². The van der Waals surface area contributed by atoms with Crippen molar-refractivity contribution in [1.29, 1.82) is 0 Å². The van der Waals surface area contributed by atoms with Gasteiger partial charge in [-0.2, -0.15) is 0 Å². The van der Waals surface area contributed by atoms with Gasteiger partial charge in [0.05, 0.1) is 22.6 Å². The van der Waals surface area contributed by atoms with E-state index in [0.717, 1.165) is 0 Å². The second-order valence-electron chi connectivity index (χ2n) is 5.83. The molecular weight excluding hydrogens is 340 g/mol. The lowest BCUT2D eigenvalue weighted by Crippen LogP contribution is -2.27. The van der Waals surface area contributed by atoms with Crippen molar-refractivity contribution in [2.75, 3.05) is 0 Å². The smallest absolute Gasteiger partial charge is 0.285 e. The highest BCUT2D eigenvalue weighted by atomic mass is 16.2. The van der Waals surface area contributed by atoms with E-state index in [1.165, 1.54) is 24.3 Å². The molecule has 2 aliphatic carbocycles. The van der Waals surface area contributed by atoms with E-state index in [4.69, 9.17) is 0 Å². The molecule has 0 N–H and O–H groups in total. The molecule has 0 saturated carbocycles. The summed E-state index contributed by atoms with van der Waals surface area (Å²) in [4.78, 5) is 79.5. The number of Topliss-reactive ketones (excluding diaryl/α,β-unsaturated/α-hetero) is 4. The van der Waals surface area contributed by atoms with Crippen LogP contribution >= 0.6 is 0 Å².